The molecule has 2 aromatic rings. The number of ether oxygens (including phenoxy) is 2. The maximum Gasteiger partial charge on any atom is 0.333 e. The first-order valence-electron chi connectivity index (χ1n) is 9.82. The fourth-order valence-corrected chi connectivity index (χ4v) is 3.41. The molecule has 2 rings (SSSR count). The number of aliphatic carboxylic acids is 1. The van der Waals surface area contributed by atoms with Crippen molar-refractivity contribution in [2.75, 3.05) is 19.5 Å². The quantitative estimate of drug-likeness (QED) is 0.379. The van der Waals surface area contributed by atoms with Crippen LogP contribution in [0.25, 0.3) is 0 Å². The fraction of sp³-hybridized carbons (Fsp3) is 0.409. The average molecular weight is 437 g/mol. The minimum atomic E-state index is -3.56. The summed E-state index contributed by atoms with van der Waals surface area (Å²) in [5, 5.41) is 9.15. The summed E-state index contributed by atoms with van der Waals surface area (Å²) in [5.74, 6) is 0.103. The van der Waals surface area contributed by atoms with Crippen molar-refractivity contribution in [2.45, 2.75) is 38.7 Å². The maximum absolute atomic E-state index is 11.4. The molecule has 1 N–H and O–H groups in total. The lowest BCUT2D eigenvalue weighted by atomic mass is 10.1. The summed E-state index contributed by atoms with van der Waals surface area (Å²) in [6.45, 7) is 2.64. The minimum Gasteiger partial charge on any atom is -0.494 e. The number of carboxylic acids is 1. The molecule has 0 aliphatic rings. The minimum absolute atomic E-state index is 0.304. The van der Waals surface area contributed by atoms with E-state index in [9.17, 15) is 13.2 Å². The lowest BCUT2D eigenvalue weighted by molar-refractivity contribution is -0.149. The van der Waals surface area contributed by atoms with Crippen LogP contribution in [0, 0.1) is 0 Å². The van der Waals surface area contributed by atoms with Gasteiger partial charge in [-0.1, -0.05) is 30.3 Å². The number of hydrogen-bond acceptors (Lipinski definition) is 6. The van der Waals surface area contributed by atoms with Crippen LogP contribution in [0.2, 0.25) is 0 Å². The Morgan fingerprint density at radius 2 is 1.77 bits per heavy atom. The number of benzene rings is 2. The van der Waals surface area contributed by atoms with Gasteiger partial charge in [0.15, 0.2) is 6.10 Å². The molecule has 0 spiro atoms. The summed E-state index contributed by atoms with van der Waals surface area (Å²) in [5.41, 5.74) is 1.71. The van der Waals surface area contributed by atoms with E-state index in [0.29, 0.717) is 37.6 Å². The van der Waals surface area contributed by atoms with E-state index in [1.165, 1.54) is 0 Å². The summed E-state index contributed by atoms with van der Waals surface area (Å²) in [6.07, 6.45) is 2.77. The third-order valence-corrected chi connectivity index (χ3v) is 4.79. The van der Waals surface area contributed by atoms with Gasteiger partial charge in [-0.15, -0.1) is 0 Å². The van der Waals surface area contributed by atoms with E-state index in [2.05, 4.69) is 0 Å². The summed E-state index contributed by atoms with van der Waals surface area (Å²) in [4.78, 5) is 11.2. The van der Waals surface area contributed by atoms with Crippen molar-refractivity contribution in [1.29, 1.82) is 0 Å². The van der Waals surface area contributed by atoms with Crippen LogP contribution in [-0.2, 0) is 32.5 Å². The van der Waals surface area contributed by atoms with Crippen LogP contribution < -0.4 is 8.92 Å². The van der Waals surface area contributed by atoms with Crippen LogP contribution in [0.1, 0.15) is 30.9 Å². The number of aryl methyl sites for hydroxylation is 1. The molecular weight excluding hydrogens is 408 g/mol. The molecule has 2 aromatic carbocycles. The Bertz CT molecular complexity index is 907. The largest absolute Gasteiger partial charge is 0.494 e. The SMILES string of the molecule is CCOC(Cc1ccc(OCCCCc2ccccc2OS(C)(=O)=O)cc1)C(=O)O. The number of rotatable bonds is 13. The van der Waals surface area contributed by atoms with E-state index in [4.69, 9.17) is 18.8 Å². The standard InChI is InChI=1S/C22H28O7S/c1-3-27-21(22(23)24)16-17-11-13-19(14-12-17)28-15-7-6-9-18-8-4-5-10-20(18)29-30(2,25)26/h4-5,8,10-14,21H,3,6-7,9,15-16H2,1-2H3,(H,23,24). The third-order valence-electron chi connectivity index (χ3n) is 4.31. The molecule has 0 amide bonds. The lowest BCUT2D eigenvalue weighted by Crippen LogP contribution is -2.26. The molecule has 0 radical (unpaired) electrons. The van der Waals surface area contributed by atoms with Crippen molar-refractivity contribution >= 4 is 16.1 Å². The molecule has 0 aliphatic heterocycles. The van der Waals surface area contributed by atoms with Gasteiger partial charge in [0, 0.05) is 13.0 Å². The Kier molecular flexibility index (Phi) is 9.14. The van der Waals surface area contributed by atoms with Crippen LogP contribution in [-0.4, -0.2) is 45.1 Å². The highest BCUT2D eigenvalue weighted by molar-refractivity contribution is 7.86. The Morgan fingerprint density at radius 1 is 1.07 bits per heavy atom. The van der Waals surface area contributed by atoms with E-state index in [0.717, 1.165) is 30.2 Å². The summed E-state index contributed by atoms with van der Waals surface area (Å²) in [6, 6.07) is 14.4. The molecule has 0 aliphatic carbocycles. The number of hydrogen-bond donors (Lipinski definition) is 1. The normalized spacial score (nSPS) is 12.3. The van der Waals surface area contributed by atoms with Crippen molar-refractivity contribution in [3.05, 3.63) is 59.7 Å². The van der Waals surface area contributed by atoms with Crippen molar-refractivity contribution in [2.24, 2.45) is 0 Å². The first-order chi connectivity index (χ1) is 14.3. The van der Waals surface area contributed by atoms with E-state index < -0.39 is 22.2 Å². The smallest absolute Gasteiger partial charge is 0.333 e. The molecule has 0 fully saturated rings. The van der Waals surface area contributed by atoms with Crippen molar-refractivity contribution < 1.29 is 32.0 Å². The maximum atomic E-state index is 11.4. The summed E-state index contributed by atoms with van der Waals surface area (Å²) >= 11 is 0. The van der Waals surface area contributed by atoms with E-state index in [-0.39, 0.29) is 0 Å². The Labute approximate surface area is 177 Å². The zero-order valence-corrected chi connectivity index (χ0v) is 18.1. The van der Waals surface area contributed by atoms with Crippen LogP contribution in [0.5, 0.6) is 11.5 Å². The molecule has 0 saturated carbocycles. The molecule has 8 heteroatoms. The Hall–Kier alpha value is -2.58. The van der Waals surface area contributed by atoms with Crippen molar-refractivity contribution in [3.8, 4) is 11.5 Å². The molecule has 0 heterocycles. The predicted molar refractivity (Wildman–Crippen MR) is 114 cm³/mol. The molecule has 0 aromatic heterocycles. The van der Waals surface area contributed by atoms with Gasteiger partial charge in [0.2, 0.25) is 0 Å². The zero-order valence-electron chi connectivity index (χ0n) is 17.2. The van der Waals surface area contributed by atoms with Crippen molar-refractivity contribution in [3.63, 3.8) is 0 Å². The third kappa shape index (κ3) is 8.42. The molecular formula is C22H28O7S. The zero-order chi connectivity index (χ0) is 22.0. The molecule has 164 valence electrons. The van der Waals surface area contributed by atoms with Gasteiger partial charge >= 0.3 is 16.1 Å². The number of carboxylic acid groups (broad SMARTS) is 1. The molecule has 30 heavy (non-hydrogen) atoms. The number of carbonyl (C=O) groups is 1. The van der Waals surface area contributed by atoms with E-state index in [1.807, 2.05) is 36.4 Å². The summed E-state index contributed by atoms with van der Waals surface area (Å²) in [7, 11) is -3.56. The van der Waals surface area contributed by atoms with Gasteiger partial charge in [-0.3, -0.25) is 0 Å². The Morgan fingerprint density at radius 3 is 2.40 bits per heavy atom. The second kappa shape index (κ2) is 11.6. The first kappa shape index (κ1) is 23.7. The van der Waals surface area contributed by atoms with Crippen LogP contribution >= 0.6 is 0 Å². The molecule has 1 atom stereocenters. The van der Waals surface area contributed by atoms with Gasteiger partial charge in [-0.05, 0) is 55.5 Å². The van der Waals surface area contributed by atoms with E-state index >= 15 is 0 Å². The van der Waals surface area contributed by atoms with Gasteiger partial charge in [-0.2, -0.15) is 8.42 Å². The molecule has 1 unspecified atom stereocenters. The van der Waals surface area contributed by atoms with Crippen LogP contribution in [0.3, 0.4) is 0 Å². The highest BCUT2D eigenvalue weighted by Gasteiger charge is 2.17. The monoisotopic (exact) mass is 436 g/mol. The number of unbranched alkanes of at least 4 members (excludes halogenated alkanes) is 1. The van der Waals surface area contributed by atoms with Crippen LogP contribution in [0.15, 0.2) is 48.5 Å². The topological polar surface area (TPSA) is 99.1 Å². The van der Waals surface area contributed by atoms with Gasteiger partial charge < -0.3 is 18.8 Å². The van der Waals surface area contributed by atoms with Gasteiger partial charge in [-0.25, -0.2) is 4.79 Å². The predicted octanol–water partition coefficient (Wildman–Crippen LogP) is 3.46. The highest BCUT2D eigenvalue weighted by atomic mass is 32.2. The van der Waals surface area contributed by atoms with E-state index in [1.54, 1.807) is 19.1 Å². The highest BCUT2D eigenvalue weighted by Crippen LogP contribution is 2.22. The second-order valence-electron chi connectivity index (χ2n) is 6.83. The summed E-state index contributed by atoms with van der Waals surface area (Å²) < 4.78 is 38.7. The molecule has 0 saturated heterocycles. The van der Waals surface area contributed by atoms with Gasteiger partial charge in [0.25, 0.3) is 0 Å². The van der Waals surface area contributed by atoms with Gasteiger partial charge in [0.1, 0.15) is 11.5 Å². The fourth-order valence-electron chi connectivity index (χ4n) is 2.92. The Balaban J connectivity index is 1.77. The lowest BCUT2D eigenvalue weighted by Gasteiger charge is -2.13. The van der Waals surface area contributed by atoms with Gasteiger partial charge in [0.05, 0.1) is 12.9 Å². The average Bonchev–Trinajstić information content (AvgIpc) is 2.68. The second-order valence-corrected chi connectivity index (χ2v) is 8.41. The van der Waals surface area contributed by atoms with Crippen molar-refractivity contribution in [1.82, 2.24) is 0 Å². The number of para-hydroxylation sites is 1. The molecule has 7 nitrogen and oxygen atoms in total. The van der Waals surface area contributed by atoms with Crippen LogP contribution in [0.4, 0.5) is 0 Å². The first-order valence-corrected chi connectivity index (χ1v) is 11.6. The molecule has 0 bridgehead atoms.